The van der Waals surface area contributed by atoms with Gasteiger partial charge in [0.1, 0.15) is 5.69 Å². The van der Waals surface area contributed by atoms with E-state index in [9.17, 15) is 0 Å². The zero-order valence-corrected chi connectivity index (χ0v) is 14.6. The molecule has 0 N–H and O–H groups in total. The van der Waals surface area contributed by atoms with Crippen LogP contribution in [0.15, 0.2) is 5.51 Å². The Morgan fingerprint density at radius 3 is 2.96 bits per heavy atom. The topological polar surface area (TPSA) is 56.1 Å². The predicted molar refractivity (Wildman–Crippen MR) is 88.3 cm³/mol. The third-order valence-electron chi connectivity index (χ3n) is 4.90. The number of methoxy groups -OCH3 is 1. The minimum absolute atomic E-state index is 0.193. The zero-order valence-electron chi connectivity index (χ0n) is 13.7. The molecule has 0 radical (unpaired) electrons. The number of fused-ring (bicyclic) bond motifs is 1. The monoisotopic (exact) mass is 333 g/mol. The molecule has 23 heavy (non-hydrogen) atoms. The quantitative estimate of drug-likeness (QED) is 0.811. The lowest BCUT2D eigenvalue weighted by Crippen LogP contribution is -2.38. The number of nitrogens with zero attached hydrogens (tertiary/aromatic N) is 5. The van der Waals surface area contributed by atoms with E-state index in [1.54, 1.807) is 18.4 Å². The molecule has 2 aromatic heterocycles. The van der Waals surface area contributed by atoms with Crippen LogP contribution in [0.3, 0.4) is 0 Å². The first-order chi connectivity index (χ1) is 11.3. The highest BCUT2D eigenvalue weighted by molar-refractivity contribution is 7.09. The van der Waals surface area contributed by atoms with Crippen molar-refractivity contribution in [3.05, 3.63) is 27.5 Å². The lowest BCUT2D eigenvalue weighted by Gasteiger charge is -2.34. The van der Waals surface area contributed by atoms with Crippen LogP contribution in [0.5, 0.6) is 0 Å². The van der Waals surface area contributed by atoms with Crippen LogP contribution in [0, 0.1) is 12.8 Å². The maximum atomic E-state index is 5.49. The molecule has 124 valence electrons. The molecule has 0 spiro atoms. The maximum Gasteiger partial charge on any atom is 0.105 e. The normalized spacial score (nSPS) is 21.6. The molecule has 0 saturated heterocycles. The van der Waals surface area contributed by atoms with Crippen LogP contribution in [0.1, 0.15) is 40.8 Å². The van der Waals surface area contributed by atoms with Crippen molar-refractivity contribution in [2.45, 2.75) is 45.3 Å². The highest BCUT2D eigenvalue weighted by atomic mass is 32.1. The molecular formula is C16H23N5OS. The number of hydrogen-bond acceptors (Lipinski definition) is 6. The summed E-state index contributed by atoms with van der Waals surface area (Å²) in [5, 5.41) is 8.95. The third-order valence-corrected chi connectivity index (χ3v) is 5.82. The molecule has 1 fully saturated rings. The van der Waals surface area contributed by atoms with Gasteiger partial charge in [-0.25, -0.2) is 9.67 Å². The summed E-state index contributed by atoms with van der Waals surface area (Å²) in [6.07, 6.45) is 3.70. The highest BCUT2D eigenvalue weighted by Gasteiger charge is 2.33. The van der Waals surface area contributed by atoms with Gasteiger partial charge in [-0.3, -0.25) is 4.90 Å². The standard InChI is InChI=1S/C16H23N5OS/c1-11-15(23-10-17-11)8-20-6-5-13-16(14(20)9-22-2)18-19-21(13)7-12-3-4-12/h10,12,14H,3-9H2,1-2H3. The van der Waals surface area contributed by atoms with Gasteiger partial charge in [-0.2, -0.15) is 0 Å². The number of rotatable bonds is 6. The lowest BCUT2D eigenvalue weighted by atomic mass is 10.0. The van der Waals surface area contributed by atoms with Gasteiger partial charge in [0, 0.05) is 38.0 Å². The van der Waals surface area contributed by atoms with Crippen LogP contribution >= 0.6 is 11.3 Å². The van der Waals surface area contributed by atoms with Gasteiger partial charge in [-0.1, -0.05) is 5.21 Å². The number of hydrogen-bond donors (Lipinski definition) is 0. The van der Waals surface area contributed by atoms with Gasteiger partial charge >= 0.3 is 0 Å². The summed E-state index contributed by atoms with van der Waals surface area (Å²) in [6.45, 7) is 5.72. The maximum absolute atomic E-state index is 5.49. The van der Waals surface area contributed by atoms with Crippen LogP contribution in [0.4, 0.5) is 0 Å². The molecule has 1 saturated carbocycles. The van der Waals surface area contributed by atoms with Crippen molar-refractivity contribution in [3.63, 3.8) is 0 Å². The van der Waals surface area contributed by atoms with Crippen molar-refractivity contribution in [2.75, 3.05) is 20.3 Å². The van der Waals surface area contributed by atoms with Crippen molar-refractivity contribution in [1.29, 1.82) is 0 Å². The Bertz CT molecular complexity index is 678. The molecule has 7 heteroatoms. The first-order valence-corrected chi connectivity index (χ1v) is 9.18. The van der Waals surface area contributed by atoms with E-state index < -0.39 is 0 Å². The second-order valence-electron chi connectivity index (χ2n) is 6.60. The molecule has 4 rings (SSSR count). The summed E-state index contributed by atoms with van der Waals surface area (Å²) >= 11 is 1.73. The Morgan fingerprint density at radius 2 is 2.26 bits per heavy atom. The fourth-order valence-electron chi connectivity index (χ4n) is 3.33. The molecule has 2 aromatic rings. The summed E-state index contributed by atoms with van der Waals surface area (Å²) in [4.78, 5) is 8.16. The van der Waals surface area contributed by atoms with E-state index in [1.807, 2.05) is 5.51 Å². The van der Waals surface area contributed by atoms with Crippen LogP contribution in [0.2, 0.25) is 0 Å². The first-order valence-electron chi connectivity index (χ1n) is 8.30. The summed E-state index contributed by atoms with van der Waals surface area (Å²) in [5.41, 5.74) is 5.49. The van der Waals surface area contributed by atoms with Crippen LogP contribution < -0.4 is 0 Å². The Morgan fingerprint density at radius 1 is 1.39 bits per heavy atom. The number of aromatic nitrogens is 4. The second-order valence-corrected chi connectivity index (χ2v) is 7.54. The molecule has 0 amide bonds. The minimum atomic E-state index is 0.193. The SMILES string of the molecule is COCC1c2nnn(CC3CC3)c2CCN1Cc1scnc1C. The fraction of sp³-hybridized carbons (Fsp3) is 0.688. The average Bonchev–Trinajstić information content (AvgIpc) is 3.14. The van der Waals surface area contributed by atoms with Crippen molar-refractivity contribution >= 4 is 11.3 Å². The van der Waals surface area contributed by atoms with Gasteiger partial charge in [0.2, 0.25) is 0 Å². The van der Waals surface area contributed by atoms with E-state index in [-0.39, 0.29) is 6.04 Å². The lowest BCUT2D eigenvalue weighted by molar-refractivity contribution is 0.0754. The molecule has 1 aliphatic carbocycles. The Kier molecular flexibility index (Phi) is 4.17. The molecule has 1 aliphatic heterocycles. The number of aryl methyl sites for hydroxylation is 1. The van der Waals surface area contributed by atoms with Crippen LogP contribution in [-0.4, -0.2) is 45.1 Å². The van der Waals surface area contributed by atoms with E-state index in [2.05, 4.69) is 31.8 Å². The molecule has 6 nitrogen and oxygen atoms in total. The van der Waals surface area contributed by atoms with Crippen LogP contribution in [-0.2, 0) is 24.2 Å². The first kappa shape index (κ1) is 15.2. The average molecular weight is 333 g/mol. The van der Waals surface area contributed by atoms with Gasteiger partial charge < -0.3 is 4.74 Å². The predicted octanol–water partition coefficient (Wildman–Crippen LogP) is 2.20. The van der Waals surface area contributed by atoms with Crippen molar-refractivity contribution in [3.8, 4) is 0 Å². The van der Waals surface area contributed by atoms with Crippen molar-refractivity contribution < 1.29 is 4.74 Å². The van der Waals surface area contributed by atoms with Gasteiger partial charge in [0.25, 0.3) is 0 Å². The molecular weight excluding hydrogens is 310 g/mol. The molecule has 0 bridgehead atoms. The van der Waals surface area contributed by atoms with Gasteiger partial charge in [-0.15, -0.1) is 16.4 Å². The summed E-state index contributed by atoms with van der Waals surface area (Å²) in [7, 11) is 1.76. The Balaban J connectivity index is 1.57. The summed E-state index contributed by atoms with van der Waals surface area (Å²) < 4.78 is 7.63. The van der Waals surface area contributed by atoms with E-state index in [0.717, 1.165) is 43.4 Å². The summed E-state index contributed by atoms with van der Waals surface area (Å²) in [5.74, 6) is 0.819. The molecule has 1 unspecified atom stereocenters. The zero-order chi connectivity index (χ0) is 15.8. The van der Waals surface area contributed by atoms with Crippen molar-refractivity contribution in [2.24, 2.45) is 5.92 Å². The molecule has 2 aliphatic rings. The summed E-state index contributed by atoms with van der Waals surface area (Å²) in [6, 6.07) is 0.193. The molecule has 1 atom stereocenters. The van der Waals surface area contributed by atoms with Crippen LogP contribution in [0.25, 0.3) is 0 Å². The third kappa shape index (κ3) is 3.05. The van der Waals surface area contributed by atoms with Gasteiger partial charge in [0.15, 0.2) is 0 Å². The molecule has 0 aromatic carbocycles. The highest BCUT2D eigenvalue weighted by Crippen LogP contribution is 2.34. The number of ether oxygens (including phenoxy) is 1. The fourth-order valence-corrected chi connectivity index (χ4v) is 4.13. The Labute approximate surface area is 140 Å². The van der Waals surface area contributed by atoms with Gasteiger partial charge in [0.05, 0.1) is 29.5 Å². The Hall–Kier alpha value is -1.31. The smallest absolute Gasteiger partial charge is 0.105 e. The van der Waals surface area contributed by atoms with Gasteiger partial charge in [-0.05, 0) is 25.7 Å². The minimum Gasteiger partial charge on any atom is -0.383 e. The second kappa shape index (κ2) is 6.30. The largest absolute Gasteiger partial charge is 0.383 e. The number of thiazole rings is 1. The van der Waals surface area contributed by atoms with E-state index in [1.165, 1.54) is 23.4 Å². The molecule has 3 heterocycles. The van der Waals surface area contributed by atoms with E-state index >= 15 is 0 Å². The van der Waals surface area contributed by atoms with E-state index in [4.69, 9.17) is 4.74 Å². The van der Waals surface area contributed by atoms with E-state index in [0.29, 0.717) is 6.61 Å². The van der Waals surface area contributed by atoms with Crippen molar-refractivity contribution in [1.82, 2.24) is 24.9 Å².